The smallest absolute Gasteiger partial charge is 0.323 e. The van der Waals surface area contributed by atoms with E-state index in [9.17, 15) is 9.59 Å². The maximum absolute atomic E-state index is 10.8. The molecule has 2 N–H and O–H groups in total. The molecule has 2 rings (SSSR count). The third-order valence-electron chi connectivity index (χ3n) is 2.80. The Labute approximate surface area is 103 Å². The van der Waals surface area contributed by atoms with Gasteiger partial charge in [-0.05, 0) is 19.3 Å². The molecule has 7 nitrogen and oxygen atoms in total. The molecular weight excluding hydrogens is 238 g/mol. The summed E-state index contributed by atoms with van der Waals surface area (Å²) in [5.74, 6) is -1.73. The molecule has 1 aliphatic rings. The summed E-state index contributed by atoms with van der Waals surface area (Å²) in [6.45, 7) is -0.758. The van der Waals surface area contributed by atoms with Crippen LogP contribution in [0, 0.1) is 0 Å². The van der Waals surface area contributed by atoms with Crippen LogP contribution in [0.5, 0.6) is 0 Å². The number of aromatic nitrogens is 2. The van der Waals surface area contributed by atoms with E-state index in [0.29, 0.717) is 5.82 Å². The maximum atomic E-state index is 10.8. The van der Waals surface area contributed by atoms with Gasteiger partial charge in [-0.1, -0.05) is 0 Å². The molecule has 0 saturated heterocycles. The van der Waals surface area contributed by atoms with Gasteiger partial charge in [0.25, 0.3) is 0 Å². The molecule has 0 fully saturated rings. The quantitative estimate of drug-likeness (QED) is 0.755. The minimum absolute atomic E-state index is 0.379. The molecule has 0 radical (unpaired) electrons. The van der Waals surface area contributed by atoms with Crippen molar-refractivity contribution in [2.45, 2.75) is 19.3 Å². The number of fused-ring (bicyclic) bond motifs is 1. The number of carboxylic acids is 2. The molecule has 0 aliphatic heterocycles. The number of aliphatic carboxylic acids is 2. The number of hydrogen-bond acceptors (Lipinski definition) is 5. The Morgan fingerprint density at radius 1 is 1.17 bits per heavy atom. The van der Waals surface area contributed by atoms with E-state index in [1.807, 2.05) is 0 Å². The van der Waals surface area contributed by atoms with Crippen LogP contribution in [0.3, 0.4) is 0 Å². The molecule has 1 aliphatic carbocycles. The summed E-state index contributed by atoms with van der Waals surface area (Å²) in [5.41, 5.74) is 1.76. The topological polar surface area (TPSA) is 104 Å². The lowest BCUT2D eigenvalue weighted by Gasteiger charge is -2.21. The summed E-state index contributed by atoms with van der Waals surface area (Å²) in [7, 11) is 0. The molecule has 1 aromatic rings. The normalized spacial score (nSPS) is 13.1. The molecule has 0 atom stereocenters. The first-order chi connectivity index (χ1) is 8.58. The molecule has 0 unspecified atom stereocenters. The average Bonchev–Trinajstić information content (AvgIpc) is 2.74. The Bertz CT molecular complexity index is 473. The van der Waals surface area contributed by atoms with Crippen LogP contribution < -0.4 is 4.90 Å². The summed E-state index contributed by atoms with van der Waals surface area (Å²) in [6, 6.07) is 0. The fourth-order valence-corrected chi connectivity index (χ4v) is 2.15. The fraction of sp³-hybridized carbons (Fsp3) is 0.455. The largest absolute Gasteiger partial charge is 0.480 e. The van der Waals surface area contributed by atoms with Crippen molar-refractivity contribution < 1.29 is 19.8 Å². The standard InChI is InChI=1S/C11H13N3O4/c15-9(16)4-14(5-10(17)18)11-7-2-1-3-8(7)12-6-13-11/h6H,1-5H2,(H,15,16)(H,17,18). The minimum atomic E-state index is -1.08. The monoisotopic (exact) mass is 251 g/mol. The van der Waals surface area contributed by atoms with Crippen LogP contribution in [0.4, 0.5) is 5.82 Å². The second-order valence-corrected chi connectivity index (χ2v) is 4.12. The van der Waals surface area contributed by atoms with Gasteiger partial charge in [0, 0.05) is 11.3 Å². The first-order valence-electron chi connectivity index (χ1n) is 5.59. The maximum Gasteiger partial charge on any atom is 0.323 e. The van der Waals surface area contributed by atoms with Gasteiger partial charge in [-0.15, -0.1) is 0 Å². The van der Waals surface area contributed by atoms with Crippen molar-refractivity contribution in [1.82, 2.24) is 9.97 Å². The molecule has 0 amide bonds. The molecule has 96 valence electrons. The summed E-state index contributed by atoms with van der Waals surface area (Å²) >= 11 is 0. The zero-order valence-electron chi connectivity index (χ0n) is 9.67. The van der Waals surface area contributed by atoms with E-state index in [1.165, 1.54) is 11.2 Å². The molecule has 7 heteroatoms. The van der Waals surface area contributed by atoms with E-state index >= 15 is 0 Å². The second-order valence-electron chi connectivity index (χ2n) is 4.12. The van der Waals surface area contributed by atoms with Crippen molar-refractivity contribution in [3.8, 4) is 0 Å². The first kappa shape index (κ1) is 12.3. The molecule has 0 saturated carbocycles. The van der Waals surface area contributed by atoms with Crippen molar-refractivity contribution in [3.63, 3.8) is 0 Å². The molecule has 1 aromatic heterocycles. The molecule has 18 heavy (non-hydrogen) atoms. The number of anilines is 1. The third-order valence-corrected chi connectivity index (χ3v) is 2.80. The van der Waals surface area contributed by atoms with Crippen LogP contribution in [0.25, 0.3) is 0 Å². The van der Waals surface area contributed by atoms with Crippen molar-refractivity contribution in [2.24, 2.45) is 0 Å². The summed E-state index contributed by atoms with van der Waals surface area (Å²) in [6.07, 6.45) is 3.89. The zero-order chi connectivity index (χ0) is 13.1. The average molecular weight is 251 g/mol. The lowest BCUT2D eigenvalue weighted by atomic mass is 10.2. The Morgan fingerprint density at radius 2 is 1.83 bits per heavy atom. The highest BCUT2D eigenvalue weighted by Gasteiger charge is 2.23. The number of nitrogens with zero attached hydrogens (tertiary/aromatic N) is 3. The van der Waals surface area contributed by atoms with Gasteiger partial charge < -0.3 is 15.1 Å². The predicted octanol–water partition coefficient (Wildman–Crippen LogP) is -0.0591. The summed E-state index contributed by atoms with van der Waals surface area (Å²) < 4.78 is 0. The Hall–Kier alpha value is -2.18. The number of aryl methyl sites for hydroxylation is 1. The number of rotatable bonds is 5. The lowest BCUT2D eigenvalue weighted by Crippen LogP contribution is -2.35. The molecular formula is C11H13N3O4. The van der Waals surface area contributed by atoms with Crippen LogP contribution >= 0.6 is 0 Å². The Kier molecular flexibility index (Phi) is 3.40. The van der Waals surface area contributed by atoms with Gasteiger partial charge in [0.2, 0.25) is 0 Å². The van der Waals surface area contributed by atoms with Crippen molar-refractivity contribution in [3.05, 3.63) is 17.6 Å². The summed E-state index contributed by atoms with van der Waals surface area (Å²) in [4.78, 5) is 31.0. The van der Waals surface area contributed by atoms with Crippen molar-refractivity contribution in [1.29, 1.82) is 0 Å². The number of carbonyl (C=O) groups is 2. The van der Waals surface area contributed by atoms with Gasteiger partial charge in [-0.2, -0.15) is 0 Å². The highest BCUT2D eigenvalue weighted by Crippen LogP contribution is 2.27. The highest BCUT2D eigenvalue weighted by molar-refractivity contribution is 5.79. The van der Waals surface area contributed by atoms with Crippen LogP contribution in [0.1, 0.15) is 17.7 Å². The fourth-order valence-electron chi connectivity index (χ4n) is 2.15. The Balaban J connectivity index is 2.32. The Morgan fingerprint density at radius 3 is 2.44 bits per heavy atom. The molecule has 0 bridgehead atoms. The van der Waals surface area contributed by atoms with Crippen molar-refractivity contribution >= 4 is 17.8 Å². The van der Waals surface area contributed by atoms with Gasteiger partial charge >= 0.3 is 11.9 Å². The number of carboxylic acid groups (broad SMARTS) is 2. The molecule has 0 aromatic carbocycles. The SMILES string of the molecule is O=C(O)CN(CC(=O)O)c1ncnc2c1CCC2. The van der Waals surface area contributed by atoms with E-state index < -0.39 is 11.9 Å². The second kappa shape index (κ2) is 4.99. The van der Waals surface area contributed by atoms with E-state index in [1.54, 1.807) is 0 Å². The van der Waals surface area contributed by atoms with Gasteiger partial charge in [-0.25, -0.2) is 9.97 Å². The first-order valence-corrected chi connectivity index (χ1v) is 5.59. The van der Waals surface area contributed by atoms with Gasteiger partial charge in [0.1, 0.15) is 25.2 Å². The van der Waals surface area contributed by atoms with Gasteiger partial charge in [-0.3, -0.25) is 9.59 Å². The molecule has 0 spiro atoms. The van der Waals surface area contributed by atoms with Gasteiger partial charge in [0.05, 0.1) is 0 Å². The van der Waals surface area contributed by atoms with E-state index in [4.69, 9.17) is 10.2 Å². The lowest BCUT2D eigenvalue weighted by molar-refractivity contribution is -0.136. The van der Waals surface area contributed by atoms with Crippen LogP contribution in [-0.4, -0.2) is 45.2 Å². The molecule has 1 heterocycles. The third kappa shape index (κ3) is 2.55. The van der Waals surface area contributed by atoms with Crippen molar-refractivity contribution in [2.75, 3.05) is 18.0 Å². The minimum Gasteiger partial charge on any atom is -0.480 e. The van der Waals surface area contributed by atoms with Gasteiger partial charge in [0.15, 0.2) is 0 Å². The number of hydrogen-bond donors (Lipinski definition) is 2. The van der Waals surface area contributed by atoms with E-state index in [-0.39, 0.29) is 13.1 Å². The zero-order valence-corrected chi connectivity index (χ0v) is 9.67. The van der Waals surface area contributed by atoms with Crippen LogP contribution in [-0.2, 0) is 22.4 Å². The highest BCUT2D eigenvalue weighted by atomic mass is 16.4. The van der Waals surface area contributed by atoms with E-state index in [2.05, 4.69) is 9.97 Å². The summed E-state index contributed by atoms with van der Waals surface area (Å²) in [5, 5.41) is 17.7. The van der Waals surface area contributed by atoms with Crippen LogP contribution in [0.2, 0.25) is 0 Å². The van der Waals surface area contributed by atoms with Crippen LogP contribution in [0.15, 0.2) is 6.33 Å². The van der Waals surface area contributed by atoms with E-state index in [0.717, 1.165) is 30.5 Å². The predicted molar refractivity (Wildman–Crippen MR) is 61.5 cm³/mol.